The van der Waals surface area contributed by atoms with Crippen LogP contribution in [-0.4, -0.2) is 47.4 Å². The van der Waals surface area contributed by atoms with E-state index in [1.54, 1.807) is 6.08 Å². The first-order valence-electron chi connectivity index (χ1n) is 33.8. The van der Waals surface area contributed by atoms with Gasteiger partial charge in [0.15, 0.2) is 0 Å². The van der Waals surface area contributed by atoms with Crippen LogP contribution in [0.5, 0.6) is 0 Å². The van der Waals surface area contributed by atoms with Crippen molar-refractivity contribution in [1.29, 1.82) is 0 Å². The zero-order chi connectivity index (χ0) is 54.3. The van der Waals surface area contributed by atoms with E-state index in [4.69, 9.17) is 4.74 Å². The third kappa shape index (κ3) is 61.2. The molecule has 0 spiro atoms. The molecule has 0 aliphatic heterocycles. The smallest absolute Gasteiger partial charge is 0.305 e. The van der Waals surface area contributed by atoms with Gasteiger partial charge in [0.1, 0.15) is 0 Å². The molecule has 0 saturated heterocycles. The standard InChI is InChI=1S/C69H131NO5/c1-3-5-7-9-11-13-15-16-17-18-19-20-21-23-26-29-32-35-38-42-45-49-53-57-61-67(72)66(65-71)70-68(73)62-58-54-50-46-43-39-36-33-30-27-24-22-25-28-31-34-37-40-44-48-52-56-60-64-75-69(74)63-59-55-51-47-41-14-12-10-8-6-4-2/h10,12,27,30,57,61,66-67,71-72H,3-9,11,13-26,28-29,31-56,58-60,62-65H2,1-2H3,(H,70,73)/b12-10-,30-27-,61-57+. The number of esters is 1. The fraction of sp³-hybridized carbons (Fsp3) is 0.884. The van der Waals surface area contributed by atoms with Gasteiger partial charge in [-0.15, -0.1) is 0 Å². The molecular weight excluding hydrogens is 923 g/mol. The Balaban J connectivity index is 3.45. The van der Waals surface area contributed by atoms with E-state index in [-0.39, 0.29) is 18.5 Å². The predicted octanol–water partition coefficient (Wildman–Crippen LogP) is 21.5. The molecular formula is C69H131NO5. The lowest BCUT2D eigenvalue weighted by atomic mass is 10.0. The number of hydrogen-bond acceptors (Lipinski definition) is 5. The van der Waals surface area contributed by atoms with Crippen molar-refractivity contribution in [3.63, 3.8) is 0 Å². The quantitative estimate of drug-likeness (QED) is 0.0320. The number of rotatable bonds is 63. The van der Waals surface area contributed by atoms with Gasteiger partial charge < -0.3 is 20.3 Å². The summed E-state index contributed by atoms with van der Waals surface area (Å²) in [7, 11) is 0. The van der Waals surface area contributed by atoms with Crippen LogP contribution in [0.3, 0.4) is 0 Å². The maximum Gasteiger partial charge on any atom is 0.305 e. The second-order valence-electron chi connectivity index (χ2n) is 23.1. The molecule has 2 unspecified atom stereocenters. The van der Waals surface area contributed by atoms with Gasteiger partial charge in [-0.2, -0.15) is 0 Å². The minimum absolute atomic E-state index is 0.000150. The summed E-state index contributed by atoms with van der Waals surface area (Å²) in [5, 5.41) is 23.3. The second kappa shape index (κ2) is 64.6. The van der Waals surface area contributed by atoms with Crippen molar-refractivity contribution in [3.8, 4) is 0 Å². The Hall–Kier alpha value is -1.92. The van der Waals surface area contributed by atoms with Gasteiger partial charge in [-0.1, -0.05) is 314 Å². The Kier molecular flexibility index (Phi) is 63.0. The number of hydrogen-bond donors (Lipinski definition) is 3. The van der Waals surface area contributed by atoms with Gasteiger partial charge in [-0.3, -0.25) is 9.59 Å². The van der Waals surface area contributed by atoms with E-state index in [1.165, 1.54) is 289 Å². The van der Waals surface area contributed by atoms with E-state index in [0.717, 1.165) is 51.4 Å². The Morgan fingerprint density at radius 3 is 0.987 bits per heavy atom. The molecule has 6 heteroatoms. The number of carbonyl (C=O) groups excluding carboxylic acids is 2. The summed E-state index contributed by atoms with van der Waals surface area (Å²) in [6, 6.07) is -0.634. The van der Waals surface area contributed by atoms with Crippen molar-refractivity contribution in [3.05, 3.63) is 36.5 Å². The third-order valence-electron chi connectivity index (χ3n) is 15.6. The minimum Gasteiger partial charge on any atom is -0.466 e. The van der Waals surface area contributed by atoms with Gasteiger partial charge >= 0.3 is 5.97 Å². The fourth-order valence-electron chi connectivity index (χ4n) is 10.4. The average Bonchev–Trinajstić information content (AvgIpc) is 3.41. The molecule has 0 fully saturated rings. The Bertz CT molecular complexity index is 1210. The number of ether oxygens (including phenoxy) is 1. The molecule has 0 aromatic heterocycles. The Labute approximate surface area is 468 Å². The Morgan fingerprint density at radius 2 is 0.640 bits per heavy atom. The van der Waals surface area contributed by atoms with Crippen molar-refractivity contribution in [2.45, 2.75) is 379 Å². The SMILES string of the molecule is CCCC/C=C\CCCCCCCC(=O)OCCCCCCCCCCCCCC/C=C\CCCCCCCCCC(=O)NC(CO)C(O)/C=C/CCCCCCCCCCCCCCCCCCCCCCCC. The molecule has 0 aliphatic rings. The van der Waals surface area contributed by atoms with Crippen LogP contribution < -0.4 is 5.32 Å². The predicted molar refractivity (Wildman–Crippen MR) is 329 cm³/mol. The number of nitrogens with one attached hydrogen (secondary N) is 1. The van der Waals surface area contributed by atoms with Gasteiger partial charge in [-0.05, 0) is 77.0 Å². The molecule has 0 saturated carbocycles. The van der Waals surface area contributed by atoms with Gasteiger partial charge in [0, 0.05) is 12.8 Å². The maximum absolute atomic E-state index is 12.5. The number of unbranched alkanes of at least 4 members (excludes halogenated alkanes) is 48. The molecule has 0 heterocycles. The molecule has 0 aromatic carbocycles. The molecule has 0 aliphatic carbocycles. The van der Waals surface area contributed by atoms with Crippen LogP contribution in [-0.2, 0) is 14.3 Å². The number of aliphatic hydroxyl groups excluding tert-OH is 2. The molecule has 442 valence electrons. The first kappa shape index (κ1) is 73.1. The molecule has 2 atom stereocenters. The van der Waals surface area contributed by atoms with Crippen LogP contribution in [0.1, 0.15) is 367 Å². The highest BCUT2D eigenvalue weighted by Crippen LogP contribution is 2.18. The van der Waals surface area contributed by atoms with Crippen molar-refractivity contribution in [2.24, 2.45) is 0 Å². The van der Waals surface area contributed by atoms with Crippen LogP contribution in [0.15, 0.2) is 36.5 Å². The molecule has 1 amide bonds. The van der Waals surface area contributed by atoms with Crippen LogP contribution in [0.25, 0.3) is 0 Å². The average molecular weight is 1050 g/mol. The minimum atomic E-state index is -0.850. The molecule has 0 radical (unpaired) electrons. The Morgan fingerprint density at radius 1 is 0.360 bits per heavy atom. The molecule has 6 nitrogen and oxygen atoms in total. The number of aliphatic hydroxyl groups is 2. The monoisotopic (exact) mass is 1050 g/mol. The fourth-order valence-corrected chi connectivity index (χ4v) is 10.4. The van der Waals surface area contributed by atoms with Crippen molar-refractivity contribution >= 4 is 11.9 Å². The highest BCUT2D eigenvalue weighted by Gasteiger charge is 2.18. The van der Waals surface area contributed by atoms with Crippen LogP contribution >= 0.6 is 0 Å². The molecule has 0 rings (SSSR count). The topological polar surface area (TPSA) is 95.9 Å². The van der Waals surface area contributed by atoms with Crippen molar-refractivity contribution < 1.29 is 24.5 Å². The third-order valence-corrected chi connectivity index (χ3v) is 15.6. The summed E-state index contributed by atoms with van der Waals surface area (Å²) in [5.41, 5.74) is 0. The van der Waals surface area contributed by atoms with Crippen LogP contribution in [0.4, 0.5) is 0 Å². The van der Waals surface area contributed by atoms with Crippen LogP contribution in [0, 0.1) is 0 Å². The van der Waals surface area contributed by atoms with E-state index >= 15 is 0 Å². The van der Waals surface area contributed by atoms with E-state index in [0.29, 0.717) is 19.4 Å². The van der Waals surface area contributed by atoms with Gasteiger partial charge in [0.2, 0.25) is 5.91 Å². The summed E-state index contributed by atoms with van der Waals surface area (Å²) >= 11 is 0. The van der Waals surface area contributed by atoms with E-state index < -0.39 is 12.1 Å². The lowest BCUT2D eigenvalue weighted by molar-refractivity contribution is -0.143. The normalized spacial score (nSPS) is 12.7. The largest absolute Gasteiger partial charge is 0.466 e. The highest BCUT2D eigenvalue weighted by atomic mass is 16.5. The maximum atomic E-state index is 12.5. The summed E-state index contributed by atoms with van der Waals surface area (Å²) in [5.74, 6) is -0.0707. The number of amides is 1. The molecule has 0 aromatic rings. The zero-order valence-electron chi connectivity index (χ0n) is 50.5. The van der Waals surface area contributed by atoms with Crippen LogP contribution in [0.2, 0.25) is 0 Å². The first-order chi connectivity index (χ1) is 37.0. The summed E-state index contributed by atoms with van der Waals surface area (Å²) < 4.78 is 5.46. The van der Waals surface area contributed by atoms with Gasteiger partial charge in [-0.25, -0.2) is 0 Å². The molecule has 0 bridgehead atoms. The number of carbonyl (C=O) groups is 2. The zero-order valence-corrected chi connectivity index (χ0v) is 50.5. The first-order valence-corrected chi connectivity index (χ1v) is 33.8. The number of allylic oxidation sites excluding steroid dienone is 5. The van der Waals surface area contributed by atoms with Crippen molar-refractivity contribution in [2.75, 3.05) is 13.2 Å². The lowest BCUT2D eigenvalue weighted by Gasteiger charge is -2.20. The summed E-state index contributed by atoms with van der Waals surface area (Å²) in [4.78, 5) is 24.5. The van der Waals surface area contributed by atoms with E-state index in [2.05, 4.69) is 43.5 Å². The van der Waals surface area contributed by atoms with Gasteiger partial charge in [0.25, 0.3) is 0 Å². The highest BCUT2D eigenvalue weighted by molar-refractivity contribution is 5.76. The van der Waals surface area contributed by atoms with E-state index in [9.17, 15) is 19.8 Å². The van der Waals surface area contributed by atoms with E-state index in [1.807, 2.05) is 6.08 Å². The molecule has 75 heavy (non-hydrogen) atoms. The lowest BCUT2D eigenvalue weighted by Crippen LogP contribution is -2.45. The van der Waals surface area contributed by atoms with Gasteiger partial charge in [0.05, 0.1) is 25.4 Å². The molecule has 3 N–H and O–H groups in total. The summed E-state index contributed by atoms with van der Waals surface area (Å²) in [6.45, 7) is 4.89. The second-order valence-corrected chi connectivity index (χ2v) is 23.1. The summed E-state index contributed by atoms with van der Waals surface area (Å²) in [6.07, 6.45) is 82.1. The van der Waals surface area contributed by atoms with Crippen molar-refractivity contribution in [1.82, 2.24) is 5.32 Å².